The van der Waals surface area contributed by atoms with Crippen molar-refractivity contribution in [1.29, 1.82) is 0 Å². The molecule has 0 saturated heterocycles. The maximum absolute atomic E-state index is 4.92. The van der Waals surface area contributed by atoms with Crippen LogP contribution in [0.5, 0.6) is 0 Å². The molecule has 0 saturated carbocycles. The Morgan fingerprint density at radius 3 is 2.86 bits per heavy atom. The lowest BCUT2D eigenvalue weighted by atomic mass is 9.98. The number of pyridine rings is 1. The van der Waals surface area contributed by atoms with Crippen LogP contribution in [0.2, 0.25) is 0 Å². The van der Waals surface area contributed by atoms with Crippen LogP contribution in [0.1, 0.15) is 11.3 Å². The molecular weight excluding hydrogens is 270 g/mol. The van der Waals surface area contributed by atoms with Gasteiger partial charge in [0, 0.05) is 35.0 Å². The molecule has 2 aliphatic carbocycles. The highest BCUT2D eigenvalue weighted by Gasteiger charge is 2.20. The van der Waals surface area contributed by atoms with Gasteiger partial charge < -0.3 is 0 Å². The third kappa shape index (κ3) is 1.53. The van der Waals surface area contributed by atoms with Crippen molar-refractivity contribution >= 4 is 23.1 Å². The van der Waals surface area contributed by atoms with Gasteiger partial charge in [-0.1, -0.05) is 30.4 Å². The maximum Gasteiger partial charge on any atom is 0.0811 e. The fraction of sp³-hybridized carbons (Fsp3) is 0.105. The molecule has 0 fully saturated rings. The molecule has 0 atom stereocenters. The molecule has 1 aromatic heterocycles. The van der Waals surface area contributed by atoms with Crippen molar-refractivity contribution in [3.63, 3.8) is 0 Å². The molecule has 0 bridgehead atoms. The molecule has 3 heteroatoms. The molecule has 3 nitrogen and oxygen atoms in total. The van der Waals surface area contributed by atoms with Gasteiger partial charge in [-0.3, -0.25) is 9.97 Å². The van der Waals surface area contributed by atoms with Crippen LogP contribution in [0.25, 0.3) is 34.3 Å². The molecule has 3 heterocycles. The van der Waals surface area contributed by atoms with Gasteiger partial charge in [-0.05, 0) is 24.1 Å². The van der Waals surface area contributed by atoms with Crippen LogP contribution in [0.15, 0.2) is 42.8 Å². The topological polar surface area (TPSA) is 38.7 Å². The molecule has 0 radical (unpaired) electrons. The third-order valence-electron chi connectivity index (χ3n) is 4.39. The number of nitrogens with zero attached hydrogens (tertiary/aromatic N) is 3. The predicted octanol–water partition coefficient (Wildman–Crippen LogP) is 1.92. The molecule has 22 heavy (non-hydrogen) atoms. The molecule has 0 spiro atoms. The van der Waals surface area contributed by atoms with Crippen LogP contribution in [-0.2, 0) is 12.8 Å². The molecule has 5 rings (SSSR count). The van der Waals surface area contributed by atoms with E-state index in [1.807, 2.05) is 12.3 Å². The zero-order valence-electron chi connectivity index (χ0n) is 12.0. The van der Waals surface area contributed by atoms with Crippen molar-refractivity contribution in [1.82, 2.24) is 15.0 Å². The summed E-state index contributed by atoms with van der Waals surface area (Å²) in [5.41, 5.74) is 5.64. The molecule has 0 N–H and O–H groups in total. The van der Waals surface area contributed by atoms with Gasteiger partial charge in [-0.15, -0.1) is 0 Å². The Kier molecular flexibility index (Phi) is 2.33. The van der Waals surface area contributed by atoms with E-state index in [2.05, 4.69) is 41.4 Å². The monoisotopic (exact) mass is 283 g/mol. The number of fused-ring (bicyclic) bond motifs is 7. The van der Waals surface area contributed by atoms with Gasteiger partial charge in [-0.2, -0.15) is 0 Å². The molecule has 4 aliphatic rings. The van der Waals surface area contributed by atoms with E-state index >= 15 is 0 Å². The zero-order chi connectivity index (χ0) is 14.5. The highest BCUT2D eigenvalue weighted by molar-refractivity contribution is 5.98. The summed E-state index contributed by atoms with van der Waals surface area (Å²) in [4.78, 5) is 14.1. The minimum Gasteiger partial charge on any atom is -0.264 e. The van der Waals surface area contributed by atoms with Gasteiger partial charge in [0.2, 0.25) is 0 Å². The van der Waals surface area contributed by atoms with E-state index < -0.39 is 0 Å². The zero-order valence-corrected chi connectivity index (χ0v) is 12.0. The van der Waals surface area contributed by atoms with E-state index in [9.17, 15) is 0 Å². The number of hydrogen-bond donors (Lipinski definition) is 0. The molecule has 0 aromatic carbocycles. The smallest absolute Gasteiger partial charge is 0.0811 e. The van der Waals surface area contributed by atoms with Crippen molar-refractivity contribution in [2.45, 2.75) is 12.8 Å². The third-order valence-corrected chi connectivity index (χ3v) is 4.39. The normalized spacial score (nSPS) is 15.3. The van der Waals surface area contributed by atoms with Gasteiger partial charge in [-0.25, -0.2) is 4.98 Å². The second-order valence-electron chi connectivity index (χ2n) is 5.66. The molecule has 2 aliphatic heterocycles. The summed E-state index contributed by atoms with van der Waals surface area (Å²) >= 11 is 0. The summed E-state index contributed by atoms with van der Waals surface area (Å²) in [6, 6.07) is 1.99. The first-order chi connectivity index (χ1) is 10.9. The molecule has 104 valence electrons. The van der Waals surface area contributed by atoms with Crippen molar-refractivity contribution in [3.05, 3.63) is 64.6 Å². The van der Waals surface area contributed by atoms with Crippen LogP contribution >= 0.6 is 0 Å². The Hall–Kier alpha value is -2.81. The first kappa shape index (κ1) is 11.8. The molecule has 0 amide bonds. The largest absolute Gasteiger partial charge is 0.264 e. The van der Waals surface area contributed by atoms with Crippen molar-refractivity contribution in [2.75, 3.05) is 0 Å². The highest BCUT2D eigenvalue weighted by Crippen LogP contribution is 2.30. The van der Waals surface area contributed by atoms with Gasteiger partial charge >= 0.3 is 0 Å². The summed E-state index contributed by atoms with van der Waals surface area (Å²) in [7, 11) is 0. The van der Waals surface area contributed by atoms with Gasteiger partial charge in [0.25, 0.3) is 0 Å². The molecule has 0 unspecified atom stereocenters. The Morgan fingerprint density at radius 1 is 0.955 bits per heavy atom. The minimum absolute atomic E-state index is 0.862. The average molecular weight is 283 g/mol. The van der Waals surface area contributed by atoms with Crippen LogP contribution < -0.4 is 10.6 Å². The van der Waals surface area contributed by atoms with E-state index in [0.29, 0.717) is 0 Å². The van der Waals surface area contributed by atoms with E-state index in [-0.39, 0.29) is 0 Å². The Morgan fingerprint density at radius 2 is 1.86 bits per heavy atom. The Labute approximate surface area is 127 Å². The minimum atomic E-state index is 0.862. The van der Waals surface area contributed by atoms with E-state index in [4.69, 9.17) is 9.97 Å². The van der Waals surface area contributed by atoms with Crippen LogP contribution in [0, 0.1) is 0 Å². The number of rotatable bonds is 0. The van der Waals surface area contributed by atoms with Gasteiger partial charge in [0.05, 0.1) is 22.3 Å². The average Bonchev–Trinajstić information content (AvgIpc) is 2.89. The molecule has 1 aromatic rings. The number of aromatic nitrogens is 3. The van der Waals surface area contributed by atoms with E-state index in [0.717, 1.165) is 45.7 Å². The summed E-state index contributed by atoms with van der Waals surface area (Å²) in [6.45, 7) is 0. The summed E-state index contributed by atoms with van der Waals surface area (Å²) in [5.74, 6) is 0. The summed E-state index contributed by atoms with van der Waals surface area (Å²) in [6.07, 6.45) is 18.2. The quantitative estimate of drug-likeness (QED) is 0.632. The molecular formula is C19H13N3. The van der Waals surface area contributed by atoms with Crippen molar-refractivity contribution in [3.8, 4) is 11.3 Å². The van der Waals surface area contributed by atoms with Crippen LogP contribution in [-0.4, -0.2) is 15.0 Å². The highest BCUT2D eigenvalue weighted by atomic mass is 14.8. The van der Waals surface area contributed by atoms with Gasteiger partial charge in [0.1, 0.15) is 0 Å². The Bertz CT molecular complexity index is 1070. The second kappa shape index (κ2) is 4.34. The fourth-order valence-corrected chi connectivity index (χ4v) is 3.38. The number of allylic oxidation sites excluding steroid dienone is 4. The van der Waals surface area contributed by atoms with E-state index in [1.54, 1.807) is 6.20 Å². The van der Waals surface area contributed by atoms with Crippen molar-refractivity contribution < 1.29 is 0 Å². The number of hydrogen-bond acceptors (Lipinski definition) is 3. The SMILES string of the molecule is C1=CCc2c3c4cnccc4nc-3c3c(nc2=C1)CC=CC=3. The van der Waals surface area contributed by atoms with E-state index in [1.165, 1.54) is 11.1 Å². The fourth-order valence-electron chi connectivity index (χ4n) is 3.38. The first-order valence-electron chi connectivity index (χ1n) is 7.51. The lowest BCUT2D eigenvalue weighted by Gasteiger charge is -2.04. The Balaban J connectivity index is 2.10. The van der Waals surface area contributed by atoms with Crippen molar-refractivity contribution in [2.24, 2.45) is 0 Å². The van der Waals surface area contributed by atoms with Crippen LogP contribution in [0.3, 0.4) is 0 Å². The maximum atomic E-state index is 4.92. The second-order valence-corrected chi connectivity index (χ2v) is 5.66. The summed E-state index contributed by atoms with van der Waals surface area (Å²) in [5, 5.41) is 3.34. The summed E-state index contributed by atoms with van der Waals surface area (Å²) < 4.78 is 0. The van der Waals surface area contributed by atoms with Crippen LogP contribution in [0.4, 0.5) is 0 Å². The lowest BCUT2D eigenvalue weighted by molar-refractivity contribution is 1.05. The standard InChI is InChI=1S/C19H13N3/c1-3-7-15-12(5-1)18-14-11-20-10-9-17(14)22-19(18)13-6-2-4-8-16(13)21-15/h1-4,6-7,9-11H,5,8H2. The van der Waals surface area contributed by atoms with Gasteiger partial charge in [0.15, 0.2) is 0 Å². The predicted molar refractivity (Wildman–Crippen MR) is 87.8 cm³/mol. The lowest BCUT2D eigenvalue weighted by Crippen LogP contribution is -2.18. The first-order valence-corrected chi connectivity index (χ1v) is 7.51.